The molecule has 0 fully saturated rings. The molecule has 4 nitrogen and oxygen atoms in total. The number of carboxylic acid groups (broad SMARTS) is 1. The average molecular weight is 252 g/mol. The Balaban J connectivity index is 2.05. The van der Waals surface area contributed by atoms with Crippen LogP contribution in [0.5, 0.6) is 0 Å². The van der Waals surface area contributed by atoms with Crippen LogP contribution >= 0.6 is 23.1 Å². The Morgan fingerprint density at radius 3 is 2.88 bits per heavy atom. The zero-order valence-electron chi connectivity index (χ0n) is 8.16. The minimum absolute atomic E-state index is 0.392. The lowest BCUT2D eigenvalue weighted by Gasteiger charge is -1.99. The van der Waals surface area contributed by atoms with Crippen molar-refractivity contribution in [1.82, 2.24) is 9.97 Å². The van der Waals surface area contributed by atoms with E-state index >= 15 is 0 Å². The fourth-order valence-electron chi connectivity index (χ4n) is 1.14. The molecule has 16 heavy (non-hydrogen) atoms. The zero-order chi connectivity index (χ0) is 11.4. The summed E-state index contributed by atoms with van der Waals surface area (Å²) in [5.74, 6) is -0.297. The van der Waals surface area contributed by atoms with Gasteiger partial charge in [0, 0.05) is 18.1 Å². The van der Waals surface area contributed by atoms with E-state index in [0.717, 1.165) is 5.56 Å². The third-order valence-electron chi connectivity index (χ3n) is 1.84. The highest BCUT2D eigenvalue weighted by Gasteiger charge is 2.11. The normalized spacial score (nSPS) is 10.2. The summed E-state index contributed by atoms with van der Waals surface area (Å²) in [4.78, 5) is 19.4. The quantitative estimate of drug-likeness (QED) is 0.669. The molecule has 0 aliphatic rings. The lowest BCUT2D eigenvalue weighted by atomic mass is 10.3. The number of carbonyl (C=O) groups is 1. The van der Waals surface area contributed by atoms with Gasteiger partial charge in [0.1, 0.15) is 4.88 Å². The molecule has 2 aromatic rings. The van der Waals surface area contributed by atoms with Gasteiger partial charge in [0.2, 0.25) is 0 Å². The number of aromatic carboxylic acids is 1. The minimum atomic E-state index is -0.875. The molecule has 0 spiro atoms. The van der Waals surface area contributed by atoms with Crippen LogP contribution in [0.2, 0.25) is 0 Å². The van der Waals surface area contributed by atoms with E-state index in [2.05, 4.69) is 9.97 Å². The van der Waals surface area contributed by atoms with Crippen LogP contribution in [0.1, 0.15) is 15.2 Å². The third kappa shape index (κ3) is 2.59. The smallest absolute Gasteiger partial charge is 0.346 e. The summed E-state index contributed by atoms with van der Waals surface area (Å²) in [6, 6.07) is 3.57. The number of aromatic nitrogens is 2. The van der Waals surface area contributed by atoms with Gasteiger partial charge in [-0.2, -0.15) is 0 Å². The molecule has 0 aromatic carbocycles. The van der Waals surface area contributed by atoms with E-state index in [1.54, 1.807) is 23.8 Å². The number of hydrogen-bond donors (Lipinski definition) is 1. The molecule has 0 saturated carbocycles. The Kier molecular flexibility index (Phi) is 3.53. The van der Waals surface area contributed by atoms with Crippen LogP contribution in [0, 0.1) is 0 Å². The Labute approximate surface area is 100 Å². The van der Waals surface area contributed by atoms with Gasteiger partial charge in [-0.05, 0) is 23.1 Å². The molecule has 0 unspecified atom stereocenters. The number of thioether (sulfide) groups is 1. The van der Waals surface area contributed by atoms with Crippen molar-refractivity contribution in [3.63, 3.8) is 0 Å². The van der Waals surface area contributed by atoms with Crippen molar-refractivity contribution < 1.29 is 9.90 Å². The van der Waals surface area contributed by atoms with Crippen molar-refractivity contribution in [2.24, 2.45) is 0 Å². The van der Waals surface area contributed by atoms with Crippen molar-refractivity contribution in [3.8, 4) is 0 Å². The van der Waals surface area contributed by atoms with E-state index in [4.69, 9.17) is 5.11 Å². The van der Waals surface area contributed by atoms with Gasteiger partial charge in [0.15, 0.2) is 5.16 Å². The fraction of sp³-hybridized carbons (Fsp3) is 0.100. The average Bonchev–Trinajstić information content (AvgIpc) is 2.76. The summed E-state index contributed by atoms with van der Waals surface area (Å²) in [7, 11) is 0. The first-order valence-electron chi connectivity index (χ1n) is 4.47. The highest BCUT2D eigenvalue weighted by molar-refractivity contribution is 7.98. The van der Waals surface area contributed by atoms with E-state index in [1.807, 2.05) is 6.07 Å². The largest absolute Gasteiger partial charge is 0.477 e. The lowest BCUT2D eigenvalue weighted by molar-refractivity contribution is 0.0701. The fourth-order valence-corrected chi connectivity index (χ4v) is 2.79. The van der Waals surface area contributed by atoms with Gasteiger partial charge in [-0.15, -0.1) is 11.3 Å². The van der Waals surface area contributed by atoms with Gasteiger partial charge >= 0.3 is 5.97 Å². The van der Waals surface area contributed by atoms with Crippen LogP contribution in [0.15, 0.2) is 35.1 Å². The van der Waals surface area contributed by atoms with Crippen LogP contribution < -0.4 is 0 Å². The zero-order valence-corrected chi connectivity index (χ0v) is 9.79. The number of nitrogens with zero attached hydrogens (tertiary/aromatic N) is 2. The second kappa shape index (κ2) is 5.09. The van der Waals surface area contributed by atoms with Crippen molar-refractivity contribution in [2.45, 2.75) is 10.9 Å². The Morgan fingerprint density at radius 1 is 1.44 bits per heavy atom. The molecular weight excluding hydrogens is 244 g/mol. The highest BCUT2D eigenvalue weighted by atomic mass is 32.2. The monoisotopic (exact) mass is 252 g/mol. The summed E-state index contributed by atoms with van der Waals surface area (Å²) in [6.07, 6.45) is 3.34. The molecule has 2 heterocycles. The van der Waals surface area contributed by atoms with Crippen LogP contribution in [-0.4, -0.2) is 21.0 Å². The predicted octanol–water partition coefficient (Wildman–Crippen LogP) is 2.53. The van der Waals surface area contributed by atoms with Gasteiger partial charge < -0.3 is 5.11 Å². The third-order valence-corrected chi connectivity index (χ3v) is 3.71. The SMILES string of the molecule is O=C(O)c1sccc1CSc1ncccn1. The second-order valence-corrected chi connectivity index (χ2v) is 4.76. The van der Waals surface area contributed by atoms with Crippen molar-refractivity contribution in [1.29, 1.82) is 0 Å². The van der Waals surface area contributed by atoms with Crippen molar-refractivity contribution in [3.05, 3.63) is 40.3 Å². The summed E-state index contributed by atoms with van der Waals surface area (Å²) in [5.41, 5.74) is 0.815. The summed E-state index contributed by atoms with van der Waals surface area (Å²) in [5, 5.41) is 11.4. The topological polar surface area (TPSA) is 63.1 Å². The summed E-state index contributed by atoms with van der Waals surface area (Å²) >= 11 is 2.67. The number of rotatable bonds is 4. The molecule has 6 heteroatoms. The second-order valence-electron chi connectivity index (χ2n) is 2.90. The molecule has 0 radical (unpaired) electrons. The predicted molar refractivity (Wildman–Crippen MR) is 62.9 cm³/mol. The van der Waals surface area contributed by atoms with Gasteiger partial charge in [0.05, 0.1) is 0 Å². The van der Waals surface area contributed by atoms with Crippen LogP contribution in [0.25, 0.3) is 0 Å². The molecule has 0 bridgehead atoms. The first kappa shape index (κ1) is 11.1. The lowest BCUT2D eigenvalue weighted by Crippen LogP contribution is -1.96. The summed E-state index contributed by atoms with van der Waals surface area (Å²) < 4.78 is 0. The molecule has 82 valence electrons. The maximum absolute atomic E-state index is 10.9. The Morgan fingerprint density at radius 2 is 2.19 bits per heavy atom. The summed E-state index contributed by atoms with van der Waals surface area (Å²) in [6.45, 7) is 0. The van der Waals surface area contributed by atoms with Gasteiger partial charge in [-0.1, -0.05) is 11.8 Å². The maximum atomic E-state index is 10.9. The number of hydrogen-bond acceptors (Lipinski definition) is 5. The van der Waals surface area contributed by atoms with Gasteiger partial charge in [-0.25, -0.2) is 14.8 Å². The molecular formula is C10H8N2O2S2. The van der Waals surface area contributed by atoms with Crippen molar-refractivity contribution in [2.75, 3.05) is 0 Å². The molecule has 1 N–H and O–H groups in total. The van der Waals surface area contributed by atoms with E-state index in [0.29, 0.717) is 15.8 Å². The highest BCUT2D eigenvalue weighted by Crippen LogP contribution is 2.24. The maximum Gasteiger partial charge on any atom is 0.346 e. The van der Waals surface area contributed by atoms with Crippen molar-refractivity contribution >= 4 is 29.1 Å². The molecule has 0 aliphatic carbocycles. The molecule has 0 amide bonds. The first-order chi connectivity index (χ1) is 7.77. The number of carboxylic acids is 1. The number of thiophene rings is 1. The van der Waals surface area contributed by atoms with Gasteiger partial charge in [0.25, 0.3) is 0 Å². The molecule has 0 aliphatic heterocycles. The first-order valence-corrected chi connectivity index (χ1v) is 6.33. The molecule has 0 atom stereocenters. The van der Waals surface area contributed by atoms with Gasteiger partial charge in [-0.3, -0.25) is 0 Å². The van der Waals surface area contributed by atoms with E-state index in [-0.39, 0.29) is 0 Å². The Bertz CT molecular complexity index is 485. The van der Waals surface area contributed by atoms with E-state index in [1.165, 1.54) is 23.1 Å². The van der Waals surface area contributed by atoms with E-state index < -0.39 is 5.97 Å². The molecule has 2 rings (SSSR count). The molecule has 0 saturated heterocycles. The minimum Gasteiger partial charge on any atom is -0.477 e. The Hall–Kier alpha value is -1.40. The van der Waals surface area contributed by atoms with E-state index in [9.17, 15) is 4.79 Å². The van der Waals surface area contributed by atoms with Crippen LogP contribution in [0.4, 0.5) is 0 Å². The van der Waals surface area contributed by atoms with Crippen LogP contribution in [-0.2, 0) is 5.75 Å². The standard InChI is InChI=1S/C10H8N2O2S2/c13-9(14)8-7(2-5-15-8)6-16-10-11-3-1-4-12-10/h1-5H,6H2,(H,13,14). The van der Waals surface area contributed by atoms with Crippen LogP contribution in [0.3, 0.4) is 0 Å². The molecule has 2 aromatic heterocycles.